The molecule has 138 valence electrons. The van der Waals surface area contributed by atoms with Crippen molar-refractivity contribution in [3.8, 4) is 0 Å². The van der Waals surface area contributed by atoms with E-state index in [1.54, 1.807) is 30.3 Å². The standard InChI is InChI=1S/C22H33NO2/c1-7-15-21(4,5)16-14-19(24)23-18-12-10-17(11-13-18)20(25)22(6,8-2)9-3/h10-14,16H,7-9,15H2,1-6H3,(H,23,24)/b16-14+. The topological polar surface area (TPSA) is 46.2 Å². The van der Waals surface area contributed by atoms with E-state index in [1.165, 1.54) is 0 Å². The minimum Gasteiger partial charge on any atom is -0.323 e. The summed E-state index contributed by atoms with van der Waals surface area (Å²) in [6, 6.07) is 7.18. The fourth-order valence-electron chi connectivity index (χ4n) is 2.84. The van der Waals surface area contributed by atoms with Crippen LogP contribution < -0.4 is 5.32 Å². The second-order valence-corrected chi connectivity index (χ2v) is 7.74. The monoisotopic (exact) mass is 343 g/mol. The second kappa shape index (κ2) is 8.98. The SMILES string of the molecule is CCCC(C)(C)/C=C/C(=O)Nc1ccc(C(=O)C(C)(CC)CC)cc1. The van der Waals surface area contributed by atoms with E-state index in [-0.39, 0.29) is 22.5 Å². The molecule has 0 unspecified atom stereocenters. The molecule has 1 N–H and O–H groups in total. The Balaban J connectivity index is 2.76. The molecule has 1 aromatic carbocycles. The third kappa shape index (κ3) is 6.15. The molecule has 0 aliphatic carbocycles. The van der Waals surface area contributed by atoms with Crippen LogP contribution in [0.4, 0.5) is 5.69 Å². The molecule has 0 fully saturated rings. The van der Waals surface area contributed by atoms with Crippen LogP contribution in [0.3, 0.4) is 0 Å². The van der Waals surface area contributed by atoms with Gasteiger partial charge >= 0.3 is 0 Å². The molecule has 0 atom stereocenters. The van der Waals surface area contributed by atoms with E-state index in [0.717, 1.165) is 25.7 Å². The molecule has 0 bridgehead atoms. The smallest absolute Gasteiger partial charge is 0.248 e. The first-order valence-corrected chi connectivity index (χ1v) is 9.32. The number of anilines is 1. The van der Waals surface area contributed by atoms with E-state index in [4.69, 9.17) is 0 Å². The van der Waals surface area contributed by atoms with Crippen LogP contribution in [0.25, 0.3) is 0 Å². The summed E-state index contributed by atoms with van der Waals surface area (Å²) >= 11 is 0. The third-order valence-corrected chi connectivity index (χ3v) is 5.10. The molecule has 25 heavy (non-hydrogen) atoms. The molecule has 0 saturated carbocycles. The molecule has 1 rings (SSSR count). The lowest BCUT2D eigenvalue weighted by atomic mass is 9.78. The molecule has 0 spiro atoms. The van der Waals surface area contributed by atoms with Gasteiger partial charge in [0.1, 0.15) is 0 Å². The van der Waals surface area contributed by atoms with Crippen molar-refractivity contribution in [2.75, 3.05) is 5.32 Å². The lowest BCUT2D eigenvalue weighted by molar-refractivity contribution is -0.112. The summed E-state index contributed by atoms with van der Waals surface area (Å²) in [6.07, 6.45) is 7.32. The number of hydrogen-bond donors (Lipinski definition) is 1. The zero-order valence-corrected chi connectivity index (χ0v) is 16.6. The number of ketones is 1. The van der Waals surface area contributed by atoms with E-state index < -0.39 is 0 Å². The Bertz CT molecular complexity index is 607. The Morgan fingerprint density at radius 1 is 1.00 bits per heavy atom. The van der Waals surface area contributed by atoms with Crippen molar-refractivity contribution in [1.82, 2.24) is 0 Å². The highest BCUT2D eigenvalue weighted by Crippen LogP contribution is 2.30. The number of benzene rings is 1. The Hall–Kier alpha value is -1.90. The van der Waals surface area contributed by atoms with Crippen LogP contribution in [0.5, 0.6) is 0 Å². The number of allylic oxidation sites excluding steroid dienone is 1. The van der Waals surface area contributed by atoms with Crippen LogP contribution in [0.2, 0.25) is 0 Å². The van der Waals surface area contributed by atoms with Gasteiger partial charge in [0.25, 0.3) is 0 Å². The maximum Gasteiger partial charge on any atom is 0.248 e. The Morgan fingerprint density at radius 3 is 2.04 bits per heavy atom. The van der Waals surface area contributed by atoms with Gasteiger partial charge in [-0.2, -0.15) is 0 Å². The van der Waals surface area contributed by atoms with E-state index in [2.05, 4.69) is 26.1 Å². The molecule has 0 radical (unpaired) electrons. The van der Waals surface area contributed by atoms with E-state index in [0.29, 0.717) is 11.3 Å². The Kier molecular flexibility index (Phi) is 7.60. The number of rotatable bonds is 9. The zero-order chi connectivity index (χ0) is 19.1. The summed E-state index contributed by atoms with van der Waals surface area (Å²) in [6.45, 7) is 12.5. The molecular formula is C22H33NO2. The van der Waals surface area contributed by atoms with Crippen molar-refractivity contribution in [2.45, 2.75) is 67.2 Å². The largest absolute Gasteiger partial charge is 0.323 e. The maximum atomic E-state index is 12.6. The van der Waals surface area contributed by atoms with Crippen molar-refractivity contribution in [3.63, 3.8) is 0 Å². The van der Waals surface area contributed by atoms with Gasteiger partial charge in [0.2, 0.25) is 5.91 Å². The van der Waals surface area contributed by atoms with Crippen LogP contribution in [0, 0.1) is 10.8 Å². The van der Waals surface area contributed by atoms with Crippen molar-refractivity contribution in [1.29, 1.82) is 0 Å². The van der Waals surface area contributed by atoms with Gasteiger partial charge in [-0.25, -0.2) is 0 Å². The van der Waals surface area contributed by atoms with Crippen LogP contribution in [-0.4, -0.2) is 11.7 Å². The normalized spacial score (nSPS) is 12.4. The van der Waals surface area contributed by atoms with Crippen molar-refractivity contribution in [2.24, 2.45) is 10.8 Å². The van der Waals surface area contributed by atoms with E-state index >= 15 is 0 Å². The third-order valence-electron chi connectivity index (χ3n) is 5.10. The van der Waals surface area contributed by atoms with Crippen molar-refractivity contribution < 1.29 is 9.59 Å². The molecule has 1 amide bonds. The van der Waals surface area contributed by atoms with Crippen LogP contribution in [-0.2, 0) is 4.79 Å². The van der Waals surface area contributed by atoms with Gasteiger partial charge in [-0.05, 0) is 55.0 Å². The highest BCUT2D eigenvalue weighted by Gasteiger charge is 2.29. The lowest BCUT2D eigenvalue weighted by Crippen LogP contribution is -2.26. The number of amides is 1. The van der Waals surface area contributed by atoms with E-state index in [1.807, 2.05) is 26.8 Å². The first kappa shape index (κ1) is 21.1. The Morgan fingerprint density at radius 2 is 1.56 bits per heavy atom. The predicted molar refractivity (Wildman–Crippen MR) is 106 cm³/mol. The number of nitrogens with one attached hydrogen (secondary N) is 1. The zero-order valence-electron chi connectivity index (χ0n) is 16.6. The fraction of sp³-hybridized carbons (Fsp3) is 0.545. The van der Waals surface area contributed by atoms with Gasteiger partial charge in [0, 0.05) is 16.7 Å². The van der Waals surface area contributed by atoms with Crippen LogP contribution in [0.1, 0.15) is 77.6 Å². The van der Waals surface area contributed by atoms with E-state index in [9.17, 15) is 9.59 Å². The number of carbonyl (C=O) groups is 2. The van der Waals surface area contributed by atoms with Gasteiger partial charge in [0.15, 0.2) is 5.78 Å². The van der Waals surface area contributed by atoms with Gasteiger partial charge < -0.3 is 5.32 Å². The van der Waals surface area contributed by atoms with Gasteiger partial charge in [0.05, 0.1) is 0 Å². The first-order valence-electron chi connectivity index (χ1n) is 9.32. The van der Waals surface area contributed by atoms with Gasteiger partial charge in [-0.3, -0.25) is 9.59 Å². The molecule has 3 heteroatoms. The molecule has 3 nitrogen and oxygen atoms in total. The first-order chi connectivity index (χ1) is 11.7. The quantitative estimate of drug-likeness (QED) is 0.440. The maximum absolute atomic E-state index is 12.6. The van der Waals surface area contributed by atoms with Gasteiger partial charge in [-0.15, -0.1) is 0 Å². The number of carbonyl (C=O) groups excluding carboxylic acids is 2. The molecule has 0 heterocycles. The van der Waals surface area contributed by atoms with Crippen molar-refractivity contribution >= 4 is 17.4 Å². The fourth-order valence-corrected chi connectivity index (χ4v) is 2.84. The second-order valence-electron chi connectivity index (χ2n) is 7.74. The van der Waals surface area contributed by atoms with Gasteiger partial charge in [-0.1, -0.05) is 54.0 Å². The average Bonchev–Trinajstić information content (AvgIpc) is 2.59. The summed E-state index contributed by atoms with van der Waals surface area (Å²) in [5.74, 6) is 0.0202. The average molecular weight is 344 g/mol. The predicted octanol–water partition coefficient (Wildman–Crippen LogP) is 6.02. The molecular weight excluding hydrogens is 310 g/mol. The highest BCUT2D eigenvalue weighted by atomic mass is 16.1. The molecule has 0 saturated heterocycles. The summed E-state index contributed by atoms with van der Waals surface area (Å²) in [5.41, 5.74) is 1.10. The molecule has 0 aliphatic rings. The Labute approximate surface area is 152 Å². The summed E-state index contributed by atoms with van der Waals surface area (Å²) in [5, 5.41) is 2.85. The van der Waals surface area contributed by atoms with Crippen LogP contribution >= 0.6 is 0 Å². The summed E-state index contributed by atoms with van der Waals surface area (Å²) < 4.78 is 0. The van der Waals surface area contributed by atoms with Crippen molar-refractivity contribution in [3.05, 3.63) is 42.0 Å². The summed E-state index contributed by atoms with van der Waals surface area (Å²) in [7, 11) is 0. The molecule has 0 aromatic heterocycles. The van der Waals surface area contributed by atoms with Crippen LogP contribution in [0.15, 0.2) is 36.4 Å². The number of hydrogen-bond acceptors (Lipinski definition) is 2. The summed E-state index contributed by atoms with van der Waals surface area (Å²) in [4.78, 5) is 24.7. The lowest BCUT2D eigenvalue weighted by Gasteiger charge is -2.25. The minimum atomic E-state index is -0.321. The highest BCUT2D eigenvalue weighted by molar-refractivity contribution is 6.02. The molecule has 0 aliphatic heterocycles. The number of Topliss-reactive ketones (excluding diaryl/α,β-unsaturated/α-hetero) is 1. The minimum absolute atomic E-state index is 0.0210. The molecule has 1 aromatic rings.